The van der Waals surface area contributed by atoms with Gasteiger partial charge in [-0.15, -0.1) is 5.10 Å². The van der Waals surface area contributed by atoms with Crippen molar-refractivity contribution in [1.29, 1.82) is 0 Å². The molecule has 0 aliphatic carbocycles. The van der Waals surface area contributed by atoms with Gasteiger partial charge in [0, 0.05) is 31.4 Å². The van der Waals surface area contributed by atoms with Gasteiger partial charge in [-0.05, 0) is 31.9 Å². The van der Waals surface area contributed by atoms with Crippen LogP contribution in [0, 0.1) is 12.8 Å². The number of aryl methyl sites for hydroxylation is 1. The van der Waals surface area contributed by atoms with Crippen LogP contribution in [0.15, 0.2) is 30.7 Å². The van der Waals surface area contributed by atoms with Gasteiger partial charge in [-0.1, -0.05) is 0 Å². The Kier molecular flexibility index (Phi) is 4.22. The Morgan fingerprint density at radius 3 is 2.68 bits per heavy atom. The Morgan fingerprint density at radius 2 is 2.05 bits per heavy atom. The predicted molar refractivity (Wildman–Crippen MR) is 82.4 cm³/mol. The molecule has 0 saturated carbocycles. The minimum absolute atomic E-state index is 0.00309. The van der Waals surface area contributed by atoms with Gasteiger partial charge in [0.25, 0.3) is 0 Å². The maximum Gasteiger partial charge on any atom is 0.228 e. The molecule has 0 bridgehead atoms. The largest absolute Gasteiger partial charge is 0.355 e. The Balaban J connectivity index is 1.55. The monoisotopic (exact) mass is 298 g/mol. The van der Waals surface area contributed by atoms with Gasteiger partial charge >= 0.3 is 0 Å². The first-order valence-corrected chi connectivity index (χ1v) is 7.34. The fraction of sp³-hybridized carbons (Fsp3) is 0.400. The Morgan fingerprint density at radius 1 is 1.23 bits per heavy atom. The molecule has 2 aromatic rings. The summed E-state index contributed by atoms with van der Waals surface area (Å²) >= 11 is 0. The third kappa shape index (κ3) is 3.36. The Labute approximate surface area is 128 Å². The molecule has 3 rings (SSSR count). The number of nitrogens with one attached hydrogen (secondary N) is 1. The summed E-state index contributed by atoms with van der Waals surface area (Å²) in [6.07, 6.45) is 6.28. The molecule has 1 fully saturated rings. The maximum atomic E-state index is 12.2. The van der Waals surface area contributed by atoms with Crippen LogP contribution in [0.3, 0.4) is 0 Å². The summed E-state index contributed by atoms with van der Waals surface area (Å²) in [5.41, 5.74) is 0.905. The van der Waals surface area contributed by atoms with Gasteiger partial charge in [-0.3, -0.25) is 9.78 Å². The molecule has 1 amide bonds. The standard InChI is InChI=1S/C15H18N6O/c1-11-2-3-14(20-19-11)21-8-4-12(5-9-21)15(22)18-13-10-16-6-7-17-13/h2-3,6-7,10,12H,4-5,8-9H2,1H3,(H,17,18,22). The molecule has 114 valence electrons. The molecule has 0 atom stereocenters. The summed E-state index contributed by atoms with van der Waals surface area (Å²) in [6.45, 7) is 3.52. The fourth-order valence-electron chi connectivity index (χ4n) is 2.52. The van der Waals surface area contributed by atoms with Gasteiger partial charge in [0.1, 0.15) is 0 Å². The van der Waals surface area contributed by atoms with Crippen molar-refractivity contribution in [3.8, 4) is 0 Å². The van der Waals surface area contributed by atoms with Crippen molar-refractivity contribution in [3.63, 3.8) is 0 Å². The fourth-order valence-corrected chi connectivity index (χ4v) is 2.52. The van der Waals surface area contributed by atoms with Crippen LogP contribution in [-0.2, 0) is 4.79 Å². The number of nitrogens with zero attached hydrogens (tertiary/aromatic N) is 5. The lowest BCUT2D eigenvalue weighted by Crippen LogP contribution is -2.38. The van der Waals surface area contributed by atoms with Gasteiger partial charge < -0.3 is 10.2 Å². The summed E-state index contributed by atoms with van der Waals surface area (Å²) in [7, 11) is 0. The first-order chi connectivity index (χ1) is 10.7. The van der Waals surface area contributed by atoms with Gasteiger partial charge in [0.05, 0.1) is 11.9 Å². The zero-order chi connectivity index (χ0) is 15.4. The highest BCUT2D eigenvalue weighted by Crippen LogP contribution is 2.22. The molecule has 0 aromatic carbocycles. The molecule has 0 radical (unpaired) electrons. The van der Waals surface area contributed by atoms with E-state index in [9.17, 15) is 4.79 Å². The molecule has 22 heavy (non-hydrogen) atoms. The van der Waals surface area contributed by atoms with Crippen LogP contribution in [0.4, 0.5) is 11.6 Å². The van der Waals surface area contributed by atoms with Crippen LogP contribution in [0.25, 0.3) is 0 Å². The molecule has 7 heteroatoms. The SMILES string of the molecule is Cc1ccc(N2CCC(C(=O)Nc3cnccn3)CC2)nn1. The molecule has 1 N–H and O–H groups in total. The highest BCUT2D eigenvalue weighted by Gasteiger charge is 2.26. The second-order valence-corrected chi connectivity index (χ2v) is 5.37. The zero-order valence-electron chi connectivity index (χ0n) is 12.4. The summed E-state index contributed by atoms with van der Waals surface area (Å²) in [5.74, 6) is 1.38. The number of aromatic nitrogens is 4. The number of rotatable bonds is 3. The third-order valence-electron chi connectivity index (χ3n) is 3.79. The Hall–Kier alpha value is -2.57. The van der Waals surface area contributed by atoms with E-state index in [1.807, 2.05) is 19.1 Å². The lowest BCUT2D eigenvalue weighted by Gasteiger charge is -2.31. The van der Waals surface area contributed by atoms with Crippen LogP contribution < -0.4 is 10.2 Å². The lowest BCUT2D eigenvalue weighted by molar-refractivity contribution is -0.120. The summed E-state index contributed by atoms with van der Waals surface area (Å²) in [5, 5.41) is 11.1. The van der Waals surface area contributed by atoms with Crippen molar-refractivity contribution in [3.05, 3.63) is 36.4 Å². The molecule has 1 aliphatic heterocycles. The van der Waals surface area contributed by atoms with E-state index in [-0.39, 0.29) is 11.8 Å². The van der Waals surface area contributed by atoms with E-state index < -0.39 is 0 Å². The van der Waals surface area contributed by atoms with E-state index in [1.54, 1.807) is 18.6 Å². The van der Waals surface area contributed by atoms with E-state index >= 15 is 0 Å². The minimum atomic E-state index is -0.00309. The highest BCUT2D eigenvalue weighted by atomic mass is 16.1. The van der Waals surface area contributed by atoms with Crippen LogP contribution in [-0.4, -0.2) is 39.2 Å². The number of carbonyl (C=O) groups is 1. The highest BCUT2D eigenvalue weighted by molar-refractivity contribution is 5.91. The lowest BCUT2D eigenvalue weighted by atomic mass is 9.96. The quantitative estimate of drug-likeness (QED) is 0.923. The molecule has 1 saturated heterocycles. The van der Waals surface area contributed by atoms with Crippen molar-refractivity contribution in [2.24, 2.45) is 5.92 Å². The third-order valence-corrected chi connectivity index (χ3v) is 3.79. The van der Waals surface area contributed by atoms with Crippen LogP contribution >= 0.6 is 0 Å². The van der Waals surface area contributed by atoms with Crippen LogP contribution in [0.1, 0.15) is 18.5 Å². The molecular weight excluding hydrogens is 280 g/mol. The average Bonchev–Trinajstić information content (AvgIpc) is 2.57. The number of hydrogen-bond donors (Lipinski definition) is 1. The van der Waals surface area contributed by atoms with Crippen LogP contribution in [0.5, 0.6) is 0 Å². The van der Waals surface area contributed by atoms with Gasteiger partial charge in [-0.25, -0.2) is 4.98 Å². The summed E-state index contributed by atoms with van der Waals surface area (Å²) < 4.78 is 0. The minimum Gasteiger partial charge on any atom is -0.355 e. The number of anilines is 2. The van der Waals surface area contributed by atoms with E-state index in [1.165, 1.54) is 0 Å². The van der Waals surface area contributed by atoms with Crippen molar-refractivity contribution < 1.29 is 4.79 Å². The summed E-state index contributed by atoms with van der Waals surface area (Å²) in [4.78, 5) is 22.4. The molecule has 7 nitrogen and oxygen atoms in total. The van der Waals surface area contributed by atoms with Crippen LogP contribution in [0.2, 0.25) is 0 Å². The first-order valence-electron chi connectivity index (χ1n) is 7.34. The molecule has 1 aliphatic rings. The van der Waals surface area contributed by atoms with Gasteiger partial charge in [0.15, 0.2) is 11.6 Å². The topological polar surface area (TPSA) is 83.9 Å². The summed E-state index contributed by atoms with van der Waals surface area (Å²) in [6, 6.07) is 3.93. The van der Waals surface area contributed by atoms with E-state index in [4.69, 9.17) is 0 Å². The second kappa shape index (κ2) is 6.46. The smallest absolute Gasteiger partial charge is 0.228 e. The zero-order valence-corrected chi connectivity index (χ0v) is 12.4. The Bertz CT molecular complexity index is 622. The van der Waals surface area contributed by atoms with Crippen molar-refractivity contribution >= 4 is 17.5 Å². The van der Waals surface area contributed by atoms with Crippen molar-refractivity contribution in [1.82, 2.24) is 20.2 Å². The van der Waals surface area contributed by atoms with Crippen molar-refractivity contribution in [2.75, 3.05) is 23.3 Å². The van der Waals surface area contributed by atoms with E-state index in [0.717, 1.165) is 37.4 Å². The van der Waals surface area contributed by atoms with E-state index in [2.05, 4.69) is 30.4 Å². The second-order valence-electron chi connectivity index (χ2n) is 5.37. The molecule has 2 aromatic heterocycles. The molecule has 3 heterocycles. The first kappa shape index (κ1) is 14.4. The molecular formula is C15H18N6O. The molecule has 0 unspecified atom stereocenters. The maximum absolute atomic E-state index is 12.2. The predicted octanol–water partition coefficient (Wildman–Crippen LogP) is 1.43. The van der Waals surface area contributed by atoms with Gasteiger partial charge in [-0.2, -0.15) is 5.10 Å². The number of amides is 1. The number of carbonyl (C=O) groups excluding carboxylic acids is 1. The number of piperidine rings is 1. The average molecular weight is 298 g/mol. The number of hydrogen-bond acceptors (Lipinski definition) is 6. The molecule has 0 spiro atoms. The normalized spacial score (nSPS) is 15.6. The van der Waals surface area contributed by atoms with Gasteiger partial charge in [0.2, 0.25) is 5.91 Å². The van der Waals surface area contributed by atoms with Crippen molar-refractivity contribution in [2.45, 2.75) is 19.8 Å². The van der Waals surface area contributed by atoms with E-state index in [0.29, 0.717) is 5.82 Å².